The molecule has 9 heavy (non-hydrogen) atoms. The zero-order valence-corrected chi connectivity index (χ0v) is 12.9. The summed E-state index contributed by atoms with van der Waals surface area (Å²) in [7, 11) is 0. The van der Waals surface area contributed by atoms with Crippen molar-refractivity contribution in [1.82, 2.24) is 30.8 Å². The van der Waals surface area contributed by atoms with Gasteiger partial charge >= 0.3 is 17.4 Å². The fourth-order valence-electron chi connectivity index (χ4n) is 0. The van der Waals surface area contributed by atoms with Gasteiger partial charge in [0, 0.05) is 0 Å². The van der Waals surface area contributed by atoms with Gasteiger partial charge in [-0.2, -0.15) is 0 Å². The van der Waals surface area contributed by atoms with Gasteiger partial charge in [0.05, 0.1) is 0 Å². The van der Waals surface area contributed by atoms with Crippen molar-refractivity contribution in [3.05, 3.63) is 0 Å². The van der Waals surface area contributed by atoms with Crippen LogP contribution in [0.3, 0.4) is 0 Å². The van der Waals surface area contributed by atoms with Crippen molar-refractivity contribution in [3.63, 3.8) is 0 Å². The largest absolute Gasteiger partial charge is 3.00 e. The summed E-state index contributed by atoms with van der Waals surface area (Å²) in [5, 5.41) is 0. The minimum Gasteiger partial charge on any atom is -1.00 e. The first-order valence-corrected chi connectivity index (χ1v) is 0. The molecule has 0 aliphatic heterocycles. The zero-order valence-electron chi connectivity index (χ0n) is 5.25. The first-order chi connectivity index (χ1) is 0. The van der Waals surface area contributed by atoms with Crippen LogP contribution in [0.4, 0.5) is 0 Å². The van der Waals surface area contributed by atoms with Gasteiger partial charge in [0.25, 0.3) is 0 Å². The molecule has 0 aliphatic carbocycles. The van der Waals surface area contributed by atoms with Crippen LogP contribution in [0.15, 0.2) is 0 Å². The molecule has 0 aromatic heterocycles. The molecule has 0 saturated heterocycles. The molecule has 5 nitrogen and oxygen atoms in total. The smallest absolute Gasteiger partial charge is 1.00 e. The predicted octanol–water partition coefficient (Wildman–Crippen LogP) is -8.56. The third kappa shape index (κ3) is 120. The standard InChI is InChI=1S/Al.3HI.5H3N/h;3*1H;5*1H3/q+3;;;;;;;;/p-3. The Bertz CT molecular complexity index is 12.2. The van der Waals surface area contributed by atoms with Gasteiger partial charge in [-0.3, -0.25) is 0 Å². The van der Waals surface area contributed by atoms with E-state index < -0.39 is 0 Å². The average molecular weight is 493 g/mol. The molecule has 0 unspecified atom stereocenters. The summed E-state index contributed by atoms with van der Waals surface area (Å²) in [5.41, 5.74) is 0. The van der Waals surface area contributed by atoms with E-state index in [0.29, 0.717) is 0 Å². The van der Waals surface area contributed by atoms with Crippen LogP contribution < -0.4 is 103 Å². The van der Waals surface area contributed by atoms with Crippen LogP contribution >= 0.6 is 0 Å². The number of rotatable bonds is 0. The number of halogens is 3. The first kappa shape index (κ1) is 201. The second kappa shape index (κ2) is 150. The Labute approximate surface area is 118 Å². The molecule has 0 spiro atoms. The molecule has 0 bridgehead atoms. The summed E-state index contributed by atoms with van der Waals surface area (Å²) in [4.78, 5) is 0. The summed E-state index contributed by atoms with van der Waals surface area (Å²) < 4.78 is 0. The molecule has 0 rings (SSSR count). The molecule has 0 aromatic carbocycles. The van der Waals surface area contributed by atoms with Crippen LogP contribution in [0.5, 0.6) is 0 Å². The maximum absolute atomic E-state index is 0. The topological polar surface area (TPSA) is 175 Å². The Kier molecular flexibility index (Phi) is 3340. The van der Waals surface area contributed by atoms with Crippen LogP contribution in [0.25, 0.3) is 0 Å². The molecule has 0 atom stereocenters. The summed E-state index contributed by atoms with van der Waals surface area (Å²) in [6.07, 6.45) is 0. The van der Waals surface area contributed by atoms with Crippen LogP contribution in [-0.4, -0.2) is 17.4 Å². The van der Waals surface area contributed by atoms with Gasteiger partial charge < -0.3 is 103 Å². The van der Waals surface area contributed by atoms with Crippen LogP contribution in [-0.2, 0) is 0 Å². The SMILES string of the molecule is N.N.N.N.N.[Al+3].[I-].[I-].[I-]. The van der Waals surface area contributed by atoms with Crippen molar-refractivity contribution >= 4 is 17.4 Å². The van der Waals surface area contributed by atoms with E-state index in [9.17, 15) is 0 Å². The van der Waals surface area contributed by atoms with Crippen molar-refractivity contribution in [2.75, 3.05) is 0 Å². The Balaban J connectivity index is 0. The van der Waals surface area contributed by atoms with Crippen LogP contribution in [0.1, 0.15) is 0 Å². The van der Waals surface area contributed by atoms with Gasteiger partial charge in [0.2, 0.25) is 0 Å². The second-order valence-corrected chi connectivity index (χ2v) is 0. The van der Waals surface area contributed by atoms with E-state index >= 15 is 0 Å². The molecular formula is H15AlI3N5. The Morgan fingerprint density at radius 1 is 0.333 bits per heavy atom. The third-order valence-corrected chi connectivity index (χ3v) is 0. The van der Waals surface area contributed by atoms with E-state index in [0.717, 1.165) is 0 Å². The van der Waals surface area contributed by atoms with E-state index in [2.05, 4.69) is 0 Å². The van der Waals surface area contributed by atoms with Gasteiger partial charge in [-0.15, -0.1) is 0 Å². The number of hydrogen-bond donors (Lipinski definition) is 5. The fourth-order valence-corrected chi connectivity index (χ4v) is 0. The van der Waals surface area contributed by atoms with Crippen LogP contribution in [0, 0.1) is 0 Å². The molecule has 0 radical (unpaired) electrons. The van der Waals surface area contributed by atoms with Gasteiger partial charge in [-0.1, -0.05) is 0 Å². The Hall–Kier alpha value is 2.52. The molecule has 0 aliphatic rings. The third-order valence-electron chi connectivity index (χ3n) is 0. The van der Waals surface area contributed by atoms with Crippen molar-refractivity contribution < 1.29 is 71.9 Å². The van der Waals surface area contributed by atoms with Crippen LogP contribution in [0.2, 0.25) is 0 Å². The maximum atomic E-state index is 0. The summed E-state index contributed by atoms with van der Waals surface area (Å²) in [6.45, 7) is 0. The summed E-state index contributed by atoms with van der Waals surface area (Å²) >= 11 is 0. The molecule has 0 amide bonds. The quantitative estimate of drug-likeness (QED) is 0.166. The predicted molar refractivity (Wildman–Crippen MR) is 30.9 cm³/mol. The maximum Gasteiger partial charge on any atom is 3.00 e. The van der Waals surface area contributed by atoms with E-state index in [-0.39, 0.29) is 120 Å². The fraction of sp³-hybridized carbons (Fsp3) is 0. The van der Waals surface area contributed by atoms with Gasteiger partial charge in [-0.25, -0.2) is 0 Å². The number of hydrogen-bond acceptors (Lipinski definition) is 5. The van der Waals surface area contributed by atoms with E-state index in [1.54, 1.807) is 0 Å². The molecule has 15 N–H and O–H groups in total. The monoisotopic (exact) mass is 493 g/mol. The average Bonchev–Trinajstić information content (AvgIpc) is 0. The van der Waals surface area contributed by atoms with Crippen molar-refractivity contribution in [2.24, 2.45) is 0 Å². The van der Waals surface area contributed by atoms with Crippen molar-refractivity contribution in [1.29, 1.82) is 0 Å². The molecule has 0 heterocycles. The molecular weight excluding hydrogens is 478 g/mol. The van der Waals surface area contributed by atoms with Crippen molar-refractivity contribution in [3.8, 4) is 0 Å². The summed E-state index contributed by atoms with van der Waals surface area (Å²) in [6, 6.07) is 0. The Morgan fingerprint density at radius 2 is 0.333 bits per heavy atom. The van der Waals surface area contributed by atoms with E-state index in [1.165, 1.54) is 0 Å². The second-order valence-electron chi connectivity index (χ2n) is 0. The minimum absolute atomic E-state index is 0. The summed E-state index contributed by atoms with van der Waals surface area (Å²) in [5.74, 6) is 0. The molecule has 0 aromatic rings. The molecule has 64 valence electrons. The van der Waals surface area contributed by atoms with Gasteiger partial charge in [0.1, 0.15) is 0 Å². The van der Waals surface area contributed by atoms with Gasteiger partial charge in [-0.05, 0) is 0 Å². The normalized spacial score (nSPS) is 0. The van der Waals surface area contributed by atoms with Gasteiger partial charge in [0.15, 0.2) is 0 Å². The van der Waals surface area contributed by atoms with Crippen molar-refractivity contribution in [2.45, 2.75) is 0 Å². The Morgan fingerprint density at radius 3 is 0.333 bits per heavy atom. The first-order valence-electron chi connectivity index (χ1n) is 0. The zero-order chi connectivity index (χ0) is 0. The minimum atomic E-state index is 0. The van der Waals surface area contributed by atoms with E-state index in [4.69, 9.17) is 0 Å². The molecule has 0 fully saturated rings. The molecule has 9 heteroatoms. The van der Waals surface area contributed by atoms with E-state index in [1.807, 2.05) is 0 Å². The molecule has 0 saturated carbocycles.